The molecule has 0 radical (unpaired) electrons. The number of amides is 1. The van der Waals surface area contributed by atoms with E-state index < -0.39 is 0 Å². The smallest absolute Gasteiger partial charge is 0.292 e. The van der Waals surface area contributed by atoms with Gasteiger partial charge in [-0.15, -0.1) is 0 Å². The number of hydrogen-bond donors (Lipinski definition) is 1. The van der Waals surface area contributed by atoms with Gasteiger partial charge in [-0.3, -0.25) is 9.78 Å². The van der Waals surface area contributed by atoms with E-state index in [0.29, 0.717) is 31.1 Å². The first-order valence-corrected chi connectivity index (χ1v) is 8.88. The monoisotopic (exact) mass is 364 g/mol. The molecule has 3 aromatic rings. The number of hydrogen-bond acceptors (Lipinski definition) is 6. The molecular weight excluding hydrogens is 344 g/mol. The predicted octanol–water partition coefficient (Wildman–Crippen LogP) is 2.23. The van der Waals surface area contributed by atoms with Crippen LogP contribution in [0.15, 0.2) is 65.4 Å². The second kappa shape index (κ2) is 8.01. The summed E-state index contributed by atoms with van der Waals surface area (Å²) >= 11 is 0. The lowest BCUT2D eigenvalue weighted by molar-refractivity contribution is 0.0519. The Morgan fingerprint density at radius 3 is 2.96 bits per heavy atom. The fourth-order valence-electron chi connectivity index (χ4n) is 3.06. The number of aromatic nitrogens is 2. The standard InChI is InChI=1S/C20H20N4O3/c25-20(19-11-18(23-27-19)15-5-2-1-3-6-15)24-10-9-22-12-16(24)14-26-17-7-4-8-21-13-17/h1-8,11,13,16,22H,9-10,12,14H2. The van der Waals surface area contributed by atoms with E-state index in [4.69, 9.17) is 9.26 Å². The van der Waals surface area contributed by atoms with Crippen molar-refractivity contribution in [1.82, 2.24) is 20.4 Å². The highest BCUT2D eigenvalue weighted by molar-refractivity contribution is 5.92. The van der Waals surface area contributed by atoms with E-state index in [-0.39, 0.29) is 17.7 Å². The van der Waals surface area contributed by atoms with Gasteiger partial charge in [-0.25, -0.2) is 0 Å². The van der Waals surface area contributed by atoms with Gasteiger partial charge in [-0.1, -0.05) is 35.5 Å². The molecule has 7 heteroatoms. The molecular formula is C20H20N4O3. The van der Waals surface area contributed by atoms with Crippen LogP contribution in [0, 0.1) is 0 Å². The van der Waals surface area contributed by atoms with E-state index in [2.05, 4.69) is 15.5 Å². The van der Waals surface area contributed by atoms with Crippen molar-refractivity contribution in [1.29, 1.82) is 0 Å². The SMILES string of the molecule is O=C(c1cc(-c2ccccc2)no1)N1CCNCC1COc1cccnc1. The highest BCUT2D eigenvalue weighted by atomic mass is 16.5. The van der Waals surface area contributed by atoms with Crippen LogP contribution in [-0.2, 0) is 0 Å². The van der Waals surface area contributed by atoms with E-state index in [9.17, 15) is 4.79 Å². The second-order valence-corrected chi connectivity index (χ2v) is 6.30. The highest BCUT2D eigenvalue weighted by Gasteiger charge is 2.30. The van der Waals surface area contributed by atoms with Crippen molar-refractivity contribution >= 4 is 5.91 Å². The minimum Gasteiger partial charge on any atom is -0.490 e. The molecule has 7 nitrogen and oxygen atoms in total. The first-order valence-electron chi connectivity index (χ1n) is 8.88. The number of carbonyl (C=O) groups excluding carboxylic acids is 1. The molecule has 1 aliphatic heterocycles. The number of nitrogens with zero attached hydrogens (tertiary/aromatic N) is 3. The van der Waals surface area contributed by atoms with Crippen LogP contribution in [0.2, 0.25) is 0 Å². The normalized spacial score (nSPS) is 16.9. The lowest BCUT2D eigenvalue weighted by Gasteiger charge is -2.35. The van der Waals surface area contributed by atoms with Crippen molar-refractivity contribution in [2.75, 3.05) is 26.2 Å². The van der Waals surface area contributed by atoms with Gasteiger partial charge in [-0.2, -0.15) is 0 Å². The Balaban J connectivity index is 1.46. The van der Waals surface area contributed by atoms with Crippen LogP contribution >= 0.6 is 0 Å². The molecule has 1 unspecified atom stereocenters. The minimum absolute atomic E-state index is 0.100. The highest BCUT2D eigenvalue weighted by Crippen LogP contribution is 2.20. The van der Waals surface area contributed by atoms with Crippen molar-refractivity contribution in [2.24, 2.45) is 0 Å². The summed E-state index contributed by atoms with van der Waals surface area (Å²) in [5.41, 5.74) is 1.56. The van der Waals surface area contributed by atoms with Crippen molar-refractivity contribution in [3.05, 3.63) is 66.7 Å². The maximum Gasteiger partial charge on any atom is 0.292 e. The van der Waals surface area contributed by atoms with Gasteiger partial charge < -0.3 is 19.5 Å². The third kappa shape index (κ3) is 3.98. The Labute approximate surface area is 156 Å². The fraction of sp³-hybridized carbons (Fsp3) is 0.250. The van der Waals surface area contributed by atoms with Crippen molar-refractivity contribution < 1.29 is 14.1 Å². The maximum absolute atomic E-state index is 13.0. The first-order chi connectivity index (χ1) is 13.3. The third-order valence-corrected chi connectivity index (χ3v) is 4.48. The molecule has 1 fully saturated rings. The number of ether oxygens (including phenoxy) is 1. The zero-order chi connectivity index (χ0) is 18.5. The number of rotatable bonds is 5. The largest absolute Gasteiger partial charge is 0.490 e. The molecule has 4 rings (SSSR count). The summed E-state index contributed by atoms with van der Waals surface area (Å²) in [6.07, 6.45) is 3.35. The summed E-state index contributed by atoms with van der Waals surface area (Å²) < 4.78 is 11.1. The average Bonchev–Trinajstić information content (AvgIpc) is 3.24. The van der Waals surface area contributed by atoms with Gasteiger partial charge in [0.25, 0.3) is 5.91 Å². The summed E-state index contributed by atoms with van der Waals surface area (Å²) in [5, 5.41) is 7.35. The molecule has 0 bridgehead atoms. The molecule has 138 valence electrons. The molecule has 1 aliphatic rings. The summed E-state index contributed by atoms with van der Waals surface area (Å²) in [6, 6.07) is 14.9. The van der Waals surface area contributed by atoms with Crippen LogP contribution in [0.25, 0.3) is 11.3 Å². The molecule has 0 saturated carbocycles. The van der Waals surface area contributed by atoms with Gasteiger partial charge in [0.05, 0.1) is 12.2 Å². The number of benzene rings is 1. The Bertz CT molecular complexity index is 883. The van der Waals surface area contributed by atoms with Crippen molar-refractivity contribution in [3.8, 4) is 17.0 Å². The van der Waals surface area contributed by atoms with Gasteiger partial charge >= 0.3 is 0 Å². The number of piperazine rings is 1. The molecule has 0 spiro atoms. The van der Waals surface area contributed by atoms with Crippen LogP contribution in [0.4, 0.5) is 0 Å². The van der Waals surface area contributed by atoms with Gasteiger partial charge in [0.1, 0.15) is 18.1 Å². The van der Waals surface area contributed by atoms with Crippen LogP contribution in [0.5, 0.6) is 5.75 Å². The first kappa shape index (κ1) is 17.2. The Morgan fingerprint density at radius 2 is 2.15 bits per heavy atom. The Hall–Kier alpha value is -3.19. The lowest BCUT2D eigenvalue weighted by Crippen LogP contribution is -2.55. The van der Waals surface area contributed by atoms with Gasteiger partial charge in [0, 0.05) is 37.5 Å². The van der Waals surface area contributed by atoms with Crippen LogP contribution in [-0.4, -0.2) is 53.2 Å². The van der Waals surface area contributed by atoms with Gasteiger partial charge in [0.2, 0.25) is 5.76 Å². The van der Waals surface area contributed by atoms with Crippen molar-refractivity contribution in [3.63, 3.8) is 0 Å². The zero-order valence-electron chi connectivity index (χ0n) is 14.7. The number of nitrogens with one attached hydrogen (secondary N) is 1. The molecule has 27 heavy (non-hydrogen) atoms. The molecule has 1 aromatic carbocycles. The van der Waals surface area contributed by atoms with Crippen molar-refractivity contribution in [2.45, 2.75) is 6.04 Å². The minimum atomic E-state index is -0.175. The molecule has 1 amide bonds. The maximum atomic E-state index is 13.0. The van der Waals surface area contributed by atoms with Crippen LogP contribution in [0.1, 0.15) is 10.6 Å². The summed E-state index contributed by atoms with van der Waals surface area (Å²) in [4.78, 5) is 18.8. The van der Waals surface area contributed by atoms with Crippen LogP contribution in [0.3, 0.4) is 0 Å². The summed E-state index contributed by atoms with van der Waals surface area (Å²) in [6.45, 7) is 2.35. The van der Waals surface area contributed by atoms with E-state index in [0.717, 1.165) is 12.1 Å². The molecule has 3 heterocycles. The Kier molecular flexibility index (Phi) is 5.11. The molecule has 1 saturated heterocycles. The summed E-state index contributed by atoms with van der Waals surface area (Å²) in [7, 11) is 0. The topological polar surface area (TPSA) is 80.5 Å². The predicted molar refractivity (Wildman–Crippen MR) is 99.4 cm³/mol. The number of carbonyl (C=O) groups is 1. The van der Waals surface area contributed by atoms with E-state index in [1.807, 2.05) is 42.5 Å². The molecule has 0 aliphatic carbocycles. The Morgan fingerprint density at radius 1 is 1.26 bits per heavy atom. The number of pyridine rings is 1. The lowest BCUT2D eigenvalue weighted by atomic mass is 10.1. The molecule has 1 N–H and O–H groups in total. The van der Waals surface area contributed by atoms with E-state index in [1.54, 1.807) is 23.4 Å². The second-order valence-electron chi connectivity index (χ2n) is 6.30. The van der Waals surface area contributed by atoms with Crippen LogP contribution < -0.4 is 10.1 Å². The third-order valence-electron chi connectivity index (χ3n) is 4.48. The average molecular weight is 364 g/mol. The molecule has 2 aromatic heterocycles. The van der Waals surface area contributed by atoms with E-state index >= 15 is 0 Å². The van der Waals surface area contributed by atoms with E-state index in [1.165, 1.54) is 0 Å². The van der Waals surface area contributed by atoms with Gasteiger partial charge in [-0.05, 0) is 12.1 Å². The van der Waals surface area contributed by atoms with Gasteiger partial charge in [0.15, 0.2) is 0 Å². The quantitative estimate of drug-likeness (QED) is 0.748. The summed E-state index contributed by atoms with van der Waals surface area (Å²) in [5.74, 6) is 0.745. The zero-order valence-corrected chi connectivity index (χ0v) is 14.7. The fourth-order valence-corrected chi connectivity index (χ4v) is 3.06. The molecule has 1 atom stereocenters.